The summed E-state index contributed by atoms with van der Waals surface area (Å²) in [5.41, 5.74) is 5.49. The summed E-state index contributed by atoms with van der Waals surface area (Å²) in [5, 5.41) is 13.3. The summed E-state index contributed by atoms with van der Waals surface area (Å²) < 4.78 is 0. The quantitative estimate of drug-likeness (QED) is 0.189. The van der Waals surface area contributed by atoms with Gasteiger partial charge in [-0.1, -0.05) is 133 Å². The molecule has 0 radical (unpaired) electrons. The van der Waals surface area contributed by atoms with E-state index in [1.807, 2.05) is 0 Å². The Kier molecular flexibility index (Phi) is 4.62. The van der Waals surface area contributed by atoms with Crippen molar-refractivity contribution in [3.63, 3.8) is 0 Å². The maximum Gasteiger partial charge on any atom is -0.00264 e. The third-order valence-electron chi connectivity index (χ3n) is 8.02. The van der Waals surface area contributed by atoms with Crippen molar-refractivity contribution in [1.82, 2.24) is 0 Å². The van der Waals surface area contributed by atoms with Crippen LogP contribution in [0.1, 0.15) is 0 Å². The van der Waals surface area contributed by atoms with Crippen molar-refractivity contribution >= 4 is 53.9 Å². The van der Waals surface area contributed by atoms with Crippen LogP contribution in [-0.4, -0.2) is 0 Å². The highest BCUT2D eigenvalue weighted by Gasteiger charge is 2.21. The lowest BCUT2D eigenvalue weighted by molar-refractivity contribution is 1.73. The zero-order valence-electron chi connectivity index (χ0n) is 20.9. The first-order valence-electron chi connectivity index (χ1n) is 13.2. The van der Waals surface area contributed by atoms with Gasteiger partial charge >= 0.3 is 0 Å². The Morgan fingerprint density at radius 3 is 1.16 bits per heavy atom. The lowest BCUT2D eigenvalue weighted by Gasteiger charge is -2.07. The molecule has 0 N–H and O–H groups in total. The fourth-order valence-corrected chi connectivity index (χ4v) is 6.25. The van der Waals surface area contributed by atoms with E-state index in [-0.39, 0.29) is 0 Å². The van der Waals surface area contributed by atoms with Crippen molar-refractivity contribution in [2.24, 2.45) is 0 Å². The second-order valence-electron chi connectivity index (χ2n) is 10.1. The first kappa shape index (κ1) is 21.2. The molecular weight excluding hydrogens is 456 g/mol. The molecule has 1 aliphatic rings. The zero-order chi connectivity index (χ0) is 25.1. The molecular formula is C38H24. The molecule has 0 heteroatoms. The van der Waals surface area contributed by atoms with Gasteiger partial charge in [-0.05, 0) is 88.2 Å². The van der Waals surface area contributed by atoms with Crippen LogP contribution in [0.5, 0.6) is 0 Å². The monoisotopic (exact) mass is 480 g/mol. The molecule has 9 rings (SSSR count). The van der Waals surface area contributed by atoms with E-state index >= 15 is 0 Å². The number of rotatable bonds is 0. The van der Waals surface area contributed by atoms with Crippen LogP contribution in [0.4, 0.5) is 0 Å². The van der Waals surface area contributed by atoms with E-state index in [9.17, 15) is 0 Å². The van der Waals surface area contributed by atoms with Crippen LogP contribution in [0.15, 0.2) is 146 Å². The SMILES string of the molecule is c1ccc2c(c1)ccc1c3ccccc3ccc21.c1ccc2cc3c(cc2c1)-c1cccc2cccc-3c12. The Morgan fingerprint density at radius 1 is 0.237 bits per heavy atom. The van der Waals surface area contributed by atoms with Crippen LogP contribution in [-0.2, 0) is 0 Å². The molecule has 0 aromatic heterocycles. The fourth-order valence-electron chi connectivity index (χ4n) is 6.25. The van der Waals surface area contributed by atoms with Crippen molar-refractivity contribution in [3.05, 3.63) is 146 Å². The van der Waals surface area contributed by atoms with Gasteiger partial charge in [0.1, 0.15) is 0 Å². The minimum atomic E-state index is 1.31. The Morgan fingerprint density at radius 2 is 0.658 bits per heavy atom. The van der Waals surface area contributed by atoms with Gasteiger partial charge in [0.05, 0.1) is 0 Å². The molecule has 8 aromatic carbocycles. The molecule has 0 bridgehead atoms. The first-order valence-corrected chi connectivity index (χ1v) is 13.2. The Balaban J connectivity index is 0.000000119. The summed E-state index contributed by atoms with van der Waals surface area (Å²) in [6.07, 6.45) is 0. The standard InChI is InChI=1S/C20H12.C18H12/c1-2-6-15-12-19-17-10-4-8-13-7-3-9-16(20(13)17)18(19)11-14(15)5-1;1-3-7-15-13(5-1)9-11-18-16-8-4-2-6-14(16)10-12-17(15)18/h1-12H;1-12H. The molecule has 0 saturated carbocycles. The summed E-state index contributed by atoms with van der Waals surface area (Å²) in [6, 6.07) is 52.5. The van der Waals surface area contributed by atoms with Gasteiger partial charge in [-0.2, -0.15) is 0 Å². The number of hydrogen-bond acceptors (Lipinski definition) is 0. The molecule has 38 heavy (non-hydrogen) atoms. The largest absolute Gasteiger partial charge is 0.0616 e. The highest BCUT2D eigenvalue weighted by atomic mass is 14.2. The average Bonchev–Trinajstić information content (AvgIpc) is 3.30. The molecule has 0 unspecified atom stereocenters. The lowest BCUT2D eigenvalue weighted by Crippen LogP contribution is -1.79. The highest BCUT2D eigenvalue weighted by Crippen LogP contribution is 2.48. The van der Waals surface area contributed by atoms with E-state index in [1.54, 1.807) is 0 Å². The third kappa shape index (κ3) is 3.17. The molecule has 176 valence electrons. The molecule has 8 aromatic rings. The van der Waals surface area contributed by atoms with E-state index in [4.69, 9.17) is 0 Å². The molecule has 0 atom stereocenters. The maximum absolute atomic E-state index is 2.33. The molecule has 0 saturated heterocycles. The Hall–Kier alpha value is -4.94. The van der Waals surface area contributed by atoms with Crippen LogP contribution in [0.3, 0.4) is 0 Å². The second-order valence-corrected chi connectivity index (χ2v) is 10.1. The molecule has 0 nitrogen and oxygen atoms in total. The number of hydrogen-bond donors (Lipinski definition) is 0. The van der Waals surface area contributed by atoms with Crippen molar-refractivity contribution < 1.29 is 0 Å². The first-order chi connectivity index (χ1) is 18.8. The molecule has 0 heterocycles. The molecule has 0 spiro atoms. The summed E-state index contributed by atoms with van der Waals surface area (Å²) in [7, 11) is 0. The topological polar surface area (TPSA) is 0 Å². The van der Waals surface area contributed by atoms with Crippen LogP contribution >= 0.6 is 0 Å². The number of fused-ring (bicyclic) bond motifs is 9. The Labute approximate surface area is 221 Å². The predicted octanol–water partition coefficient (Wildman–Crippen LogP) is 10.8. The molecule has 1 aliphatic carbocycles. The maximum atomic E-state index is 2.33. The van der Waals surface area contributed by atoms with Crippen LogP contribution in [0.25, 0.3) is 76.1 Å². The molecule has 0 aliphatic heterocycles. The third-order valence-corrected chi connectivity index (χ3v) is 8.02. The average molecular weight is 481 g/mol. The van der Waals surface area contributed by atoms with Crippen LogP contribution < -0.4 is 0 Å². The van der Waals surface area contributed by atoms with Gasteiger partial charge in [0, 0.05) is 0 Å². The van der Waals surface area contributed by atoms with E-state index in [0.29, 0.717) is 0 Å². The highest BCUT2D eigenvalue weighted by molar-refractivity contribution is 6.18. The number of benzene rings is 8. The van der Waals surface area contributed by atoms with E-state index in [0.717, 1.165) is 0 Å². The van der Waals surface area contributed by atoms with Gasteiger partial charge in [0.25, 0.3) is 0 Å². The van der Waals surface area contributed by atoms with Gasteiger partial charge < -0.3 is 0 Å². The van der Waals surface area contributed by atoms with Gasteiger partial charge in [0.15, 0.2) is 0 Å². The normalized spacial score (nSPS) is 11.7. The second kappa shape index (κ2) is 8.30. The van der Waals surface area contributed by atoms with E-state index in [2.05, 4.69) is 146 Å². The van der Waals surface area contributed by atoms with Crippen molar-refractivity contribution in [2.45, 2.75) is 0 Å². The van der Waals surface area contributed by atoms with Crippen molar-refractivity contribution in [2.75, 3.05) is 0 Å². The van der Waals surface area contributed by atoms with Crippen molar-refractivity contribution in [3.8, 4) is 22.3 Å². The predicted molar refractivity (Wildman–Crippen MR) is 165 cm³/mol. The molecule has 0 fully saturated rings. The lowest BCUT2D eigenvalue weighted by atomic mass is 9.97. The summed E-state index contributed by atoms with van der Waals surface area (Å²) in [4.78, 5) is 0. The van der Waals surface area contributed by atoms with Crippen LogP contribution in [0.2, 0.25) is 0 Å². The molecule has 0 amide bonds. The van der Waals surface area contributed by atoms with Gasteiger partial charge in [0.2, 0.25) is 0 Å². The summed E-state index contributed by atoms with van der Waals surface area (Å²) in [5.74, 6) is 0. The van der Waals surface area contributed by atoms with Gasteiger partial charge in [-0.25, -0.2) is 0 Å². The van der Waals surface area contributed by atoms with Crippen molar-refractivity contribution in [1.29, 1.82) is 0 Å². The smallest absolute Gasteiger partial charge is 0.00264 e. The zero-order valence-corrected chi connectivity index (χ0v) is 20.9. The van der Waals surface area contributed by atoms with E-state index in [1.165, 1.54) is 76.1 Å². The summed E-state index contributed by atoms with van der Waals surface area (Å²) >= 11 is 0. The summed E-state index contributed by atoms with van der Waals surface area (Å²) in [6.45, 7) is 0. The van der Waals surface area contributed by atoms with Crippen LogP contribution in [0, 0.1) is 0 Å². The Bertz CT molecular complexity index is 2030. The minimum absolute atomic E-state index is 1.31. The van der Waals surface area contributed by atoms with Gasteiger partial charge in [-0.3, -0.25) is 0 Å². The minimum Gasteiger partial charge on any atom is -0.0616 e. The van der Waals surface area contributed by atoms with Gasteiger partial charge in [-0.15, -0.1) is 0 Å². The van der Waals surface area contributed by atoms with E-state index < -0.39 is 0 Å². The fraction of sp³-hybridized carbons (Fsp3) is 0.